The molecule has 0 aliphatic carbocycles. The van der Waals surface area contributed by atoms with Crippen molar-refractivity contribution in [2.24, 2.45) is 0 Å². The fraction of sp³-hybridized carbons (Fsp3) is 0.462. The van der Waals surface area contributed by atoms with Crippen molar-refractivity contribution >= 4 is 53.7 Å². The Bertz CT molecular complexity index is 422. The number of halogens is 3. The number of amides is 1. The van der Waals surface area contributed by atoms with Crippen molar-refractivity contribution in [2.45, 2.75) is 25.8 Å². The third-order valence-corrected chi connectivity index (χ3v) is 5.74. The number of carbonyl (C=O) groups excluding carboxylic acids is 1. The van der Waals surface area contributed by atoms with Gasteiger partial charge in [-0.15, -0.1) is 0 Å². The maximum absolute atomic E-state index is 12.3. The van der Waals surface area contributed by atoms with E-state index < -0.39 is 0 Å². The molecule has 0 saturated heterocycles. The van der Waals surface area contributed by atoms with Crippen molar-refractivity contribution in [1.29, 1.82) is 0 Å². The molecule has 0 unspecified atom stereocenters. The molecule has 0 aliphatic heterocycles. The molecule has 1 aromatic carbocycles. The normalized spacial score (nSPS) is 11.4. The summed E-state index contributed by atoms with van der Waals surface area (Å²) in [5.74, 6) is -0.0531. The van der Waals surface area contributed by atoms with Gasteiger partial charge >= 0.3 is 0 Å². The quantitative estimate of drug-likeness (QED) is 0.673. The molecule has 0 bridgehead atoms. The van der Waals surface area contributed by atoms with Crippen LogP contribution in [0.1, 0.15) is 29.3 Å². The third-order valence-electron chi connectivity index (χ3n) is 2.94. The van der Waals surface area contributed by atoms with E-state index in [-0.39, 0.29) is 11.4 Å². The molecule has 1 amide bonds. The lowest BCUT2D eigenvalue weighted by atomic mass is 10.0. The van der Waals surface area contributed by atoms with Crippen LogP contribution in [0.3, 0.4) is 0 Å². The second kappa shape index (κ2) is 7.06. The van der Waals surface area contributed by atoms with Crippen molar-refractivity contribution in [2.75, 3.05) is 10.7 Å². The van der Waals surface area contributed by atoms with E-state index in [1.165, 1.54) is 0 Å². The molecule has 18 heavy (non-hydrogen) atoms. The summed E-state index contributed by atoms with van der Waals surface area (Å²) < 4.78 is 0.828. The van der Waals surface area contributed by atoms with Gasteiger partial charge in [0.25, 0.3) is 5.91 Å². The average molecular weight is 442 g/mol. The van der Waals surface area contributed by atoms with Gasteiger partial charge in [-0.05, 0) is 47.0 Å². The second-order valence-corrected chi connectivity index (χ2v) is 6.31. The van der Waals surface area contributed by atoms with Crippen LogP contribution >= 0.6 is 47.8 Å². The van der Waals surface area contributed by atoms with Crippen LogP contribution in [-0.4, -0.2) is 22.1 Å². The highest BCUT2D eigenvalue weighted by molar-refractivity contribution is 9.10. The van der Waals surface area contributed by atoms with Crippen LogP contribution in [0.4, 0.5) is 0 Å². The number of carbonyl (C=O) groups is 1. The van der Waals surface area contributed by atoms with Gasteiger partial charge in [-0.1, -0.05) is 44.8 Å². The number of benzene rings is 1. The SMILES string of the molecule is CCC(CBr)(CBr)NC(=O)c1ccc(C)cc1Br. The Balaban J connectivity index is 2.94. The van der Waals surface area contributed by atoms with E-state index in [2.05, 4.69) is 60.0 Å². The van der Waals surface area contributed by atoms with Crippen LogP contribution in [0, 0.1) is 6.92 Å². The molecular weight excluding hydrogens is 426 g/mol. The monoisotopic (exact) mass is 439 g/mol. The van der Waals surface area contributed by atoms with E-state index in [4.69, 9.17) is 0 Å². The lowest BCUT2D eigenvalue weighted by Gasteiger charge is -2.30. The largest absolute Gasteiger partial charge is 0.345 e. The molecule has 1 N–H and O–H groups in total. The number of rotatable bonds is 5. The molecule has 0 heterocycles. The summed E-state index contributed by atoms with van der Waals surface area (Å²) in [7, 11) is 0. The lowest BCUT2D eigenvalue weighted by molar-refractivity contribution is 0.0914. The van der Waals surface area contributed by atoms with Crippen LogP contribution < -0.4 is 5.32 Å². The first-order valence-electron chi connectivity index (χ1n) is 5.68. The Labute approximate surface area is 133 Å². The van der Waals surface area contributed by atoms with Crippen LogP contribution in [0.5, 0.6) is 0 Å². The molecule has 0 spiro atoms. The highest BCUT2D eigenvalue weighted by Gasteiger charge is 2.28. The molecule has 0 atom stereocenters. The van der Waals surface area contributed by atoms with Crippen molar-refractivity contribution in [3.63, 3.8) is 0 Å². The number of hydrogen-bond donors (Lipinski definition) is 1. The summed E-state index contributed by atoms with van der Waals surface area (Å²) in [5.41, 5.74) is 1.54. The van der Waals surface area contributed by atoms with Crippen molar-refractivity contribution in [3.8, 4) is 0 Å². The van der Waals surface area contributed by atoms with Crippen LogP contribution in [0.25, 0.3) is 0 Å². The maximum Gasteiger partial charge on any atom is 0.252 e. The van der Waals surface area contributed by atoms with Gasteiger partial charge in [-0.2, -0.15) is 0 Å². The number of aryl methyl sites for hydroxylation is 1. The van der Waals surface area contributed by atoms with E-state index in [1.807, 2.05) is 25.1 Å². The van der Waals surface area contributed by atoms with E-state index >= 15 is 0 Å². The van der Waals surface area contributed by atoms with Gasteiger partial charge in [0.2, 0.25) is 0 Å². The molecule has 0 aliphatic rings. The Kier molecular flexibility index (Phi) is 6.35. The Morgan fingerprint density at radius 2 is 1.94 bits per heavy atom. The summed E-state index contributed by atoms with van der Waals surface area (Å²) in [6, 6.07) is 5.73. The first kappa shape index (κ1) is 16.2. The molecule has 1 aromatic rings. The van der Waals surface area contributed by atoms with Crippen LogP contribution in [0.2, 0.25) is 0 Å². The van der Waals surface area contributed by atoms with Gasteiger partial charge in [0.15, 0.2) is 0 Å². The summed E-state index contributed by atoms with van der Waals surface area (Å²) in [6.07, 6.45) is 0.860. The minimum atomic E-state index is -0.249. The molecule has 0 aromatic heterocycles. The minimum absolute atomic E-state index is 0.0531. The van der Waals surface area contributed by atoms with E-state index in [0.717, 1.165) is 27.1 Å². The Morgan fingerprint density at radius 3 is 2.39 bits per heavy atom. The topological polar surface area (TPSA) is 29.1 Å². The summed E-state index contributed by atoms with van der Waals surface area (Å²) in [6.45, 7) is 4.06. The highest BCUT2D eigenvalue weighted by atomic mass is 79.9. The molecule has 0 saturated carbocycles. The third kappa shape index (κ3) is 3.81. The highest BCUT2D eigenvalue weighted by Crippen LogP contribution is 2.22. The average Bonchev–Trinajstić information content (AvgIpc) is 2.36. The predicted octanol–water partition coefficient (Wildman–Crippen LogP) is 4.43. The first-order chi connectivity index (χ1) is 8.48. The molecular formula is C13H16Br3NO. The van der Waals surface area contributed by atoms with Gasteiger partial charge in [0.05, 0.1) is 11.1 Å². The van der Waals surface area contributed by atoms with Gasteiger partial charge < -0.3 is 5.32 Å². The van der Waals surface area contributed by atoms with Crippen molar-refractivity contribution < 1.29 is 4.79 Å². The van der Waals surface area contributed by atoms with Gasteiger partial charge in [0, 0.05) is 15.1 Å². The fourth-order valence-electron chi connectivity index (χ4n) is 1.49. The maximum atomic E-state index is 12.3. The summed E-state index contributed by atoms with van der Waals surface area (Å²) in [4.78, 5) is 12.3. The first-order valence-corrected chi connectivity index (χ1v) is 8.72. The van der Waals surface area contributed by atoms with Crippen LogP contribution in [-0.2, 0) is 0 Å². The zero-order valence-electron chi connectivity index (χ0n) is 10.4. The smallest absolute Gasteiger partial charge is 0.252 e. The molecule has 1 rings (SSSR count). The van der Waals surface area contributed by atoms with E-state index in [0.29, 0.717) is 5.56 Å². The number of hydrogen-bond acceptors (Lipinski definition) is 1. The molecule has 0 radical (unpaired) electrons. The summed E-state index contributed by atoms with van der Waals surface area (Å²) >= 11 is 10.4. The lowest BCUT2D eigenvalue weighted by Crippen LogP contribution is -2.51. The molecule has 0 fully saturated rings. The van der Waals surface area contributed by atoms with E-state index in [9.17, 15) is 4.79 Å². The van der Waals surface area contributed by atoms with E-state index in [1.54, 1.807) is 0 Å². The van der Waals surface area contributed by atoms with Gasteiger partial charge in [0.1, 0.15) is 0 Å². The Hall–Kier alpha value is 0.130. The van der Waals surface area contributed by atoms with Crippen molar-refractivity contribution in [1.82, 2.24) is 5.32 Å². The zero-order valence-corrected chi connectivity index (χ0v) is 15.2. The van der Waals surface area contributed by atoms with Crippen LogP contribution in [0.15, 0.2) is 22.7 Å². The Morgan fingerprint density at radius 1 is 1.33 bits per heavy atom. The second-order valence-electron chi connectivity index (χ2n) is 4.34. The molecule has 100 valence electrons. The predicted molar refractivity (Wildman–Crippen MR) is 87.0 cm³/mol. The van der Waals surface area contributed by atoms with Crippen molar-refractivity contribution in [3.05, 3.63) is 33.8 Å². The molecule has 5 heteroatoms. The van der Waals surface area contributed by atoms with Gasteiger partial charge in [-0.25, -0.2) is 0 Å². The fourth-order valence-corrected chi connectivity index (χ4v) is 4.17. The minimum Gasteiger partial charge on any atom is -0.345 e. The number of nitrogens with one attached hydrogen (secondary N) is 1. The molecule has 2 nitrogen and oxygen atoms in total. The van der Waals surface area contributed by atoms with Gasteiger partial charge in [-0.3, -0.25) is 4.79 Å². The summed E-state index contributed by atoms with van der Waals surface area (Å²) in [5, 5.41) is 4.53. The number of alkyl halides is 2. The standard InChI is InChI=1S/C13H16Br3NO/c1-3-13(7-14,8-15)17-12(18)10-5-4-9(2)6-11(10)16/h4-6H,3,7-8H2,1-2H3,(H,17,18). The zero-order chi connectivity index (χ0) is 13.8.